The van der Waals surface area contributed by atoms with E-state index in [1.165, 1.54) is 6.07 Å². The third-order valence-corrected chi connectivity index (χ3v) is 4.24. The molecule has 116 valence electrons. The Morgan fingerprint density at radius 3 is 2.73 bits per heavy atom. The van der Waals surface area contributed by atoms with Crippen LogP contribution in [0.3, 0.4) is 0 Å². The van der Waals surface area contributed by atoms with Gasteiger partial charge in [0.05, 0.1) is 11.0 Å². The summed E-state index contributed by atoms with van der Waals surface area (Å²) in [5.41, 5.74) is 2.36. The van der Waals surface area contributed by atoms with Gasteiger partial charge in [-0.1, -0.05) is 12.1 Å². The molecule has 1 saturated heterocycles. The normalized spacial score (nSPS) is 16.2. The van der Waals surface area contributed by atoms with E-state index in [9.17, 15) is 10.1 Å². The first kappa shape index (κ1) is 14.7. The number of pyridine rings is 1. The Balaban J connectivity index is 2.06. The fourth-order valence-electron chi connectivity index (χ4n) is 3.08. The van der Waals surface area contributed by atoms with Crippen molar-refractivity contribution in [2.45, 2.75) is 25.9 Å². The van der Waals surface area contributed by atoms with Gasteiger partial charge in [0.1, 0.15) is 0 Å². The van der Waals surface area contributed by atoms with Crippen molar-refractivity contribution in [3.63, 3.8) is 0 Å². The maximum Gasteiger partial charge on any atom is 0.295 e. The van der Waals surface area contributed by atoms with Crippen LogP contribution in [0.15, 0.2) is 24.3 Å². The minimum Gasteiger partial charge on any atom is -0.381 e. The van der Waals surface area contributed by atoms with Crippen molar-refractivity contribution in [2.75, 3.05) is 25.1 Å². The van der Waals surface area contributed by atoms with Crippen LogP contribution in [0.5, 0.6) is 0 Å². The Morgan fingerprint density at radius 1 is 1.36 bits per heavy atom. The summed E-state index contributed by atoms with van der Waals surface area (Å²) < 4.78 is 5.41. The van der Waals surface area contributed by atoms with Crippen LogP contribution in [-0.2, 0) is 4.74 Å². The lowest BCUT2D eigenvalue weighted by atomic mass is 10.0. The van der Waals surface area contributed by atoms with E-state index in [0.29, 0.717) is 11.6 Å². The van der Waals surface area contributed by atoms with Crippen molar-refractivity contribution >= 4 is 22.3 Å². The van der Waals surface area contributed by atoms with Crippen LogP contribution in [0.4, 0.5) is 11.4 Å². The van der Waals surface area contributed by atoms with E-state index >= 15 is 0 Å². The number of aryl methyl sites for hydroxylation is 1. The second-order valence-electron chi connectivity index (χ2n) is 5.64. The van der Waals surface area contributed by atoms with Crippen molar-refractivity contribution in [1.29, 1.82) is 0 Å². The Bertz CT molecular complexity index is 709. The van der Waals surface area contributed by atoms with E-state index in [-0.39, 0.29) is 10.6 Å². The molecule has 1 aromatic heterocycles. The maximum absolute atomic E-state index is 11.2. The molecule has 0 saturated carbocycles. The van der Waals surface area contributed by atoms with Crippen LogP contribution in [0, 0.1) is 17.0 Å². The molecule has 1 aliphatic rings. The molecule has 0 aliphatic carbocycles. The first-order chi connectivity index (χ1) is 10.6. The molecule has 1 aromatic carbocycles. The molecule has 0 radical (unpaired) electrons. The summed E-state index contributed by atoms with van der Waals surface area (Å²) in [6, 6.07) is 7.16. The molecule has 22 heavy (non-hydrogen) atoms. The van der Waals surface area contributed by atoms with Crippen molar-refractivity contribution in [1.82, 2.24) is 4.98 Å². The second-order valence-corrected chi connectivity index (χ2v) is 5.64. The third kappa shape index (κ3) is 2.62. The predicted molar refractivity (Wildman–Crippen MR) is 85.4 cm³/mol. The average Bonchev–Trinajstić information content (AvgIpc) is 2.53. The van der Waals surface area contributed by atoms with Crippen LogP contribution >= 0.6 is 0 Å². The zero-order chi connectivity index (χ0) is 15.7. The number of anilines is 1. The summed E-state index contributed by atoms with van der Waals surface area (Å²) >= 11 is 0. The zero-order valence-corrected chi connectivity index (χ0v) is 12.8. The van der Waals surface area contributed by atoms with Gasteiger partial charge in [0.25, 0.3) is 5.69 Å². The number of non-ortho nitro benzene ring substituents is 1. The Morgan fingerprint density at radius 2 is 2.09 bits per heavy atom. The zero-order valence-electron chi connectivity index (χ0n) is 12.8. The number of hydrogen-bond donors (Lipinski definition) is 0. The number of nitro groups is 1. The Hall–Kier alpha value is -2.21. The molecule has 2 heterocycles. The molecule has 1 aliphatic heterocycles. The molecular formula is C16H19N3O3. The van der Waals surface area contributed by atoms with Crippen LogP contribution in [0.1, 0.15) is 18.5 Å². The number of fused-ring (bicyclic) bond motifs is 1. The number of nitro benzene ring substituents is 1. The lowest BCUT2D eigenvalue weighted by Gasteiger charge is -2.33. The number of methoxy groups -OCH3 is 1. The molecule has 2 aromatic rings. The first-order valence-electron chi connectivity index (χ1n) is 7.42. The predicted octanol–water partition coefficient (Wildman–Crippen LogP) is 3.07. The Kier molecular flexibility index (Phi) is 3.94. The van der Waals surface area contributed by atoms with Gasteiger partial charge < -0.3 is 9.64 Å². The SMILES string of the molecule is COC1CCN(c2cc(C)nc3c([N+](=O)[O-])cccc23)CC1. The van der Waals surface area contributed by atoms with Gasteiger partial charge in [-0.05, 0) is 25.8 Å². The van der Waals surface area contributed by atoms with E-state index in [4.69, 9.17) is 4.74 Å². The molecule has 3 rings (SSSR count). The quantitative estimate of drug-likeness (QED) is 0.643. The molecule has 6 nitrogen and oxygen atoms in total. The van der Waals surface area contributed by atoms with Crippen molar-refractivity contribution in [2.24, 2.45) is 0 Å². The lowest BCUT2D eigenvalue weighted by Crippen LogP contribution is -2.36. The smallest absolute Gasteiger partial charge is 0.295 e. The molecule has 0 bridgehead atoms. The molecular weight excluding hydrogens is 282 g/mol. The van der Waals surface area contributed by atoms with Gasteiger partial charge in [-0.15, -0.1) is 0 Å². The number of rotatable bonds is 3. The monoisotopic (exact) mass is 301 g/mol. The van der Waals surface area contributed by atoms with Crippen LogP contribution in [-0.4, -0.2) is 36.2 Å². The maximum atomic E-state index is 11.2. The highest BCUT2D eigenvalue weighted by atomic mass is 16.6. The number of hydrogen-bond acceptors (Lipinski definition) is 5. The van der Waals surface area contributed by atoms with Crippen LogP contribution < -0.4 is 4.90 Å². The van der Waals surface area contributed by atoms with Crippen LogP contribution in [0.2, 0.25) is 0 Å². The number of benzene rings is 1. The van der Waals surface area contributed by atoms with E-state index < -0.39 is 0 Å². The van der Waals surface area contributed by atoms with Crippen molar-refractivity contribution in [3.05, 3.63) is 40.1 Å². The average molecular weight is 301 g/mol. The number of nitrogens with zero attached hydrogens (tertiary/aromatic N) is 3. The van der Waals surface area contributed by atoms with Gasteiger partial charge >= 0.3 is 0 Å². The Labute approximate surface area is 128 Å². The molecule has 0 amide bonds. The fourth-order valence-corrected chi connectivity index (χ4v) is 3.08. The highest BCUT2D eigenvalue weighted by Gasteiger charge is 2.23. The molecule has 0 unspecified atom stereocenters. The van der Waals surface area contributed by atoms with E-state index in [1.807, 2.05) is 19.1 Å². The molecule has 0 atom stereocenters. The summed E-state index contributed by atoms with van der Waals surface area (Å²) in [7, 11) is 1.75. The van der Waals surface area contributed by atoms with Crippen molar-refractivity contribution in [3.8, 4) is 0 Å². The summed E-state index contributed by atoms with van der Waals surface area (Å²) in [5, 5.41) is 12.1. The van der Waals surface area contributed by atoms with E-state index in [1.54, 1.807) is 13.2 Å². The molecule has 0 N–H and O–H groups in total. The number of piperidine rings is 1. The van der Waals surface area contributed by atoms with Gasteiger partial charge in [-0.25, -0.2) is 4.98 Å². The highest BCUT2D eigenvalue weighted by molar-refractivity contribution is 5.97. The number of aromatic nitrogens is 1. The standard InChI is InChI=1S/C16H19N3O3/c1-11-10-15(18-8-6-12(22-2)7-9-18)13-4-3-5-14(19(20)21)16(13)17-11/h3-5,10,12H,6-9H2,1-2H3. The number of ether oxygens (including phenoxy) is 1. The van der Waals surface area contributed by atoms with E-state index in [0.717, 1.165) is 42.7 Å². The van der Waals surface area contributed by atoms with Gasteiger partial charge in [-0.2, -0.15) is 0 Å². The topological polar surface area (TPSA) is 68.5 Å². The lowest BCUT2D eigenvalue weighted by molar-refractivity contribution is -0.383. The number of para-hydroxylation sites is 1. The van der Waals surface area contributed by atoms with Gasteiger partial charge in [0, 0.05) is 43.0 Å². The summed E-state index contributed by atoms with van der Waals surface area (Å²) in [5.74, 6) is 0. The second kappa shape index (κ2) is 5.88. The summed E-state index contributed by atoms with van der Waals surface area (Å²) in [6.07, 6.45) is 2.24. The van der Waals surface area contributed by atoms with Gasteiger partial charge in [0.15, 0.2) is 5.52 Å². The molecule has 6 heteroatoms. The van der Waals surface area contributed by atoms with Gasteiger partial charge in [-0.3, -0.25) is 10.1 Å². The van der Waals surface area contributed by atoms with Gasteiger partial charge in [0.2, 0.25) is 0 Å². The summed E-state index contributed by atoms with van der Waals surface area (Å²) in [6.45, 7) is 3.65. The molecule has 1 fully saturated rings. The highest BCUT2D eigenvalue weighted by Crippen LogP contribution is 2.33. The van der Waals surface area contributed by atoms with E-state index in [2.05, 4.69) is 9.88 Å². The van der Waals surface area contributed by atoms with Crippen LogP contribution in [0.25, 0.3) is 10.9 Å². The third-order valence-electron chi connectivity index (χ3n) is 4.24. The largest absolute Gasteiger partial charge is 0.381 e. The minimum absolute atomic E-state index is 0.0641. The minimum atomic E-state index is -0.365. The summed E-state index contributed by atoms with van der Waals surface area (Å²) in [4.78, 5) is 17.5. The molecule has 0 spiro atoms. The fraction of sp³-hybridized carbons (Fsp3) is 0.438. The first-order valence-corrected chi connectivity index (χ1v) is 7.42. The van der Waals surface area contributed by atoms with Crippen molar-refractivity contribution < 1.29 is 9.66 Å².